The summed E-state index contributed by atoms with van der Waals surface area (Å²) in [7, 11) is -3.89. The van der Waals surface area contributed by atoms with Gasteiger partial charge in [-0.25, -0.2) is 18.0 Å². The van der Waals surface area contributed by atoms with Crippen molar-refractivity contribution in [3.8, 4) is 0 Å². The Morgan fingerprint density at radius 1 is 1.13 bits per heavy atom. The van der Waals surface area contributed by atoms with Crippen molar-refractivity contribution in [1.82, 2.24) is 25.2 Å². The lowest BCUT2D eigenvalue weighted by Crippen LogP contribution is -2.60. The smallest absolute Gasteiger partial charge is 0.410 e. The summed E-state index contributed by atoms with van der Waals surface area (Å²) >= 11 is 0. The van der Waals surface area contributed by atoms with Gasteiger partial charge in [-0.2, -0.15) is 0 Å². The average molecular weight is 672 g/mol. The van der Waals surface area contributed by atoms with Gasteiger partial charge < -0.3 is 25.0 Å². The first kappa shape index (κ1) is 32.8. The van der Waals surface area contributed by atoms with Crippen LogP contribution >= 0.6 is 0 Å². The van der Waals surface area contributed by atoms with E-state index in [0.717, 1.165) is 16.7 Å². The normalized spacial score (nSPS) is 29.4. The lowest BCUT2D eigenvalue weighted by Gasteiger charge is -2.35. The topological polar surface area (TPSA) is 181 Å². The molecule has 0 radical (unpaired) electrons. The largest absolute Gasteiger partial charge is 0.449 e. The fourth-order valence-corrected chi connectivity index (χ4v) is 8.06. The molecule has 5 amide bonds. The number of rotatable bonds is 6. The van der Waals surface area contributed by atoms with Crippen LogP contribution in [-0.4, -0.2) is 90.3 Å². The average Bonchev–Trinajstić information content (AvgIpc) is 3.89. The molecule has 3 fully saturated rings. The molecule has 4 bridgehead atoms. The van der Waals surface area contributed by atoms with E-state index in [2.05, 4.69) is 21.9 Å². The highest BCUT2D eigenvalue weighted by Crippen LogP contribution is 2.45. The Labute approximate surface area is 273 Å². The highest BCUT2D eigenvalue weighted by molar-refractivity contribution is 7.91. The Bertz CT molecular complexity index is 1640. The number of nitrogens with zero attached hydrogens (tertiary/aromatic N) is 2. The number of benzene rings is 1. The van der Waals surface area contributed by atoms with Crippen LogP contribution in [0.15, 0.2) is 30.9 Å². The van der Waals surface area contributed by atoms with Crippen molar-refractivity contribution in [1.29, 1.82) is 0 Å². The quantitative estimate of drug-likeness (QED) is 0.378. The molecule has 0 spiro atoms. The molecule has 2 saturated carbocycles. The maximum atomic E-state index is 14.2. The van der Waals surface area contributed by atoms with Crippen LogP contribution in [0.2, 0.25) is 0 Å². The van der Waals surface area contributed by atoms with Crippen LogP contribution in [0.4, 0.5) is 9.59 Å². The minimum absolute atomic E-state index is 0.0414. The Hall–Kier alpha value is -4.14. The molecule has 5 aliphatic rings. The van der Waals surface area contributed by atoms with E-state index in [9.17, 15) is 32.4 Å². The van der Waals surface area contributed by atoms with E-state index in [0.29, 0.717) is 32.4 Å². The van der Waals surface area contributed by atoms with Crippen LogP contribution < -0.4 is 15.4 Å². The van der Waals surface area contributed by atoms with Gasteiger partial charge in [0.05, 0.1) is 18.4 Å². The van der Waals surface area contributed by atoms with E-state index in [-0.39, 0.29) is 26.0 Å². The van der Waals surface area contributed by atoms with Gasteiger partial charge in [-0.05, 0) is 41.4 Å². The number of hydrogen-bond donors (Lipinski definition) is 3. The molecule has 5 atom stereocenters. The number of fused-ring (bicyclic) bond motifs is 3. The fourth-order valence-electron chi connectivity index (χ4n) is 6.69. The van der Waals surface area contributed by atoms with Gasteiger partial charge in [0.25, 0.3) is 5.91 Å². The molecular formula is C32H41N5O9S. The van der Waals surface area contributed by atoms with Crippen LogP contribution in [0.25, 0.3) is 0 Å². The fraction of sp³-hybridized carbons (Fsp3) is 0.594. The lowest BCUT2D eigenvalue weighted by molar-refractivity contribution is -0.142. The summed E-state index contributed by atoms with van der Waals surface area (Å²) in [6.45, 7) is 9.52. The zero-order valence-electron chi connectivity index (χ0n) is 26.7. The number of nitrogens with one attached hydrogen (secondary N) is 3. The van der Waals surface area contributed by atoms with Crippen molar-refractivity contribution in [2.45, 2.75) is 94.9 Å². The first-order chi connectivity index (χ1) is 22.1. The summed E-state index contributed by atoms with van der Waals surface area (Å²) in [6, 6.07) is 3.41. The molecule has 5 unspecified atom stereocenters. The van der Waals surface area contributed by atoms with Gasteiger partial charge in [0.15, 0.2) is 0 Å². The standard InChI is InChI=1S/C32H41N5O9S/c1-5-20-14-32(20,28(40)35-47(43,44)22-9-10-22)34-26(38)24-13-21-16-37(24)27(39)25(31(2,3)4)33-29(41)45-12-11-18-7-6-8-19-15-36(17-23(18)19)30(42)46-21/h5-8,20-22,24-25H,1,9-17H2,2-4H3,(H,33,41)(H,34,38)(H,35,40). The molecule has 2 aliphatic carbocycles. The SMILES string of the molecule is C=CC1CC1(NC(=O)C1CC2CN1C(=O)C(C(C)(C)C)NC(=O)OCCc1cccc3c1CN(C3)C(=O)O2)C(=O)NS(=O)(=O)C1CC1. The molecule has 254 valence electrons. The molecule has 6 rings (SSSR count). The number of cyclic esters (lactones) is 1. The summed E-state index contributed by atoms with van der Waals surface area (Å²) in [6.07, 6.45) is 0.583. The van der Waals surface area contributed by atoms with Crippen LogP contribution in [0, 0.1) is 11.3 Å². The van der Waals surface area contributed by atoms with Gasteiger partial charge in [-0.3, -0.25) is 24.0 Å². The monoisotopic (exact) mass is 671 g/mol. The maximum Gasteiger partial charge on any atom is 0.410 e. The van der Waals surface area contributed by atoms with E-state index in [1.807, 2.05) is 18.2 Å². The van der Waals surface area contributed by atoms with Crippen LogP contribution in [0.5, 0.6) is 0 Å². The third kappa shape index (κ3) is 6.41. The van der Waals surface area contributed by atoms with Crippen molar-refractivity contribution in [2.75, 3.05) is 13.2 Å². The first-order valence-corrected chi connectivity index (χ1v) is 17.5. The van der Waals surface area contributed by atoms with Gasteiger partial charge >= 0.3 is 12.2 Å². The first-order valence-electron chi connectivity index (χ1n) is 15.9. The number of amides is 5. The second kappa shape index (κ2) is 11.8. The highest BCUT2D eigenvalue weighted by atomic mass is 32.2. The number of carbonyl (C=O) groups is 5. The zero-order chi connectivity index (χ0) is 33.9. The van der Waals surface area contributed by atoms with E-state index in [1.54, 1.807) is 25.7 Å². The maximum absolute atomic E-state index is 14.2. The highest BCUT2D eigenvalue weighted by Gasteiger charge is 2.62. The van der Waals surface area contributed by atoms with Crippen LogP contribution in [-0.2, 0) is 53.4 Å². The third-order valence-corrected chi connectivity index (χ3v) is 11.5. The Morgan fingerprint density at radius 2 is 1.85 bits per heavy atom. The molecule has 47 heavy (non-hydrogen) atoms. The Morgan fingerprint density at radius 3 is 2.51 bits per heavy atom. The molecular weight excluding hydrogens is 630 g/mol. The van der Waals surface area contributed by atoms with Gasteiger partial charge in [0.1, 0.15) is 23.7 Å². The predicted octanol–water partition coefficient (Wildman–Crippen LogP) is 1.47. The van der Waals surface area contributed by atoms with Gasteiger partial charge in [-0.15, -0.1) is 6.58 Å². The van der Waals surface area contributed by atoms with E-state index in [4.69, 9.17) is 9.47 Å². The second-order valence-electron chi connectivity index (χ2n) is 14.2. The summed E-state index contributed by atoms with van der Waals surface area (Å²) in [5.74, 6) is -2.71. The Balaban J connectivity index is 1.28. The van der Waals surface area contributed by atoms with E-state index < -0.39 is 80.2 Å². The number of hydrogen-bond acceptors (Lipinski definition) is 9. The van der Waals surface area contributed by atoms with E-state index >= 15 is 0 Å². The minimum Gasteiger partial charge on any atom is -0.449 e. The molecule has 15 heteroatoms. The number of ether oxygens (including phenoxy) is 2. The molecule has 3 heterocycles. The molecule has 1 aromatic carbocycles. The number of alkyl carbamates (subject to hydrolysis) is 1. The third-order valence-electron chi connectivity index (χ3n) is 9.68. The van der Waals surface area contributed by atoms with Gasteiger partial charge in [0.2, 0.25) is 21.8 Å². The van der Waals surface area contributed by atoms with Crippen molar-refractivity contribution >= 4 is 39.9 Å². The molecule has 3 N–H and O–H groups in total. The summed E-state index contributed by atoms with van der Waals surface area (Å²) in [5.41, 5.74) is 0.466. The van der Waals surface area contributed by atoms with E-state index in [1.165, 1.54) is 11.0 Å². The summed E-state index contributed by atoms with van der Waals surface area (Å²) in [4.78, 5) is 70.7. The van der Waals surface area contributed by atoms with Crippen molar-refractivity contribution < 1.29 is 41.9 Å². The number of sulfonamides is 1. The number of carbonyl (C=O) groups excluding carboxylic acids is 5. The Kier molecular flexibility index (Phi) is 8.25. The van der Waals surface area contributed by atoms with Gasteiger partial charge in [-0.1, -0.05) is 45.0 Å². The van der Waals surface area contributed by atoms with Crippen molar-refractivity contribution in [3.63, 3.8) is 0 Å². The second-order valence-corrected chi connectivity index (χ2v) is 16.1. The molecule has 1 aromatic rings. The molecule has 14 nitrogen and oxygen atoms in total. The zero-order valence-corrected chi connectivity index (χ0v) is 27.6. The predicted molar refractivity (Wildman–Crippen MR) is 167 cm³/mol. The van der Waals surface area contributed by atoms with Crippen LogP contribution in [0.1, 0.15) is 63.1 Å². The minimum atomic E-state index is -3.89. The van der Waals surface area contributed by atoms with Crippen molar-refractivity contribution in [2.24, 2.45) is 11.3 Å². The van der Waals surface area contributed by atoms with Crippen molar-refractivity contribution in [3.05, 3.63) is 47.5 Å². The van der Waals surface area contributed by atoms with Gasteiger partial charge in [0, 0.05) is 31.8 Å². The molecule has 0 aromatic heterocycles. The molecule has 1 saturated heterocycles. The lowest BCUT2D eigenvalue weighted by atomic mass is 9.85. The summed E-state index contributed by atoms with van der Waals surface area (Å²) < 4.78 is 38.6. The molecule has 3 aliphatic heterocycles. The summed E-state index contributed by atoms with van der Waals surface area (Å²) in [5, 5.41) is 4.75. The van der Waals surface area contributed by atoms with Crippen LogP contribution in [0.3, 0.4) is 0 Å².